The molecular weight excluding hydrogens is 370 g/mol. The average Bonchev–Trinajstić information content (AvgIpc) is 3.14. The van der Waals surface area contributed by atoms with Crippen molar-refractivity contribution in [1.29, 1.82) is 0 Å². The van der Waals surface area contributed by atoms with Crippen molar-refractivity contribution in [2.75, 3.05) is 32.8 Å². The van der Waals surface area contributed by atoms with Crippen molar-refractivity contribution >= 4 is 6.21 Å². The van der Waals surface area contributed by atoms with Crippen LogP contribution in [0.3, 0.4) is 0 Å². The van der Waals surface area contributed by atoms with E-state index in [1.807, 2.05) is 31.3 Å². The van der Waals surface area contributed by atoms with Crippen molar-refractivity contribution in [2.45, 2.75) is 13.0 Å². The molecule has 0 aromatic heterocycles. The van der Waals surface area contributed by atoms with E-state index in [4.69, 9.17) is 9.84 Å². The number of hydrogen-bond donors (Lipinski definition) is 0. The molecule has 4 nitrogen and oxygen atoms in total. The first kappa shape index (κ1) is 18.9. The first-order valence-electron chi connectivity index (χ1n) is 10.8. The van der Waals surface area contributed by atoms with Crippen LogP contribution in [0.25, 0.3) is 11.1 Å². The van der Waals surface area contributed by atoms with Gasteiger partial charge in [0.25, 0.3) is 0 Å². The maximum absolute atomic E-state index is 5.71. The summed E-state index contributed by atoms with van der Waals surface area (Å²) >= 11 is 0. The number of para-hydroxylation sites is 1. The van der Waals surface area contributed by atoms with Crippen LogP contribution >= 0.6 is 0 Å². The van der Waals surface area contributed by atoms with E-state index in [-0.39, 0.29) is 0 Å². The summed E-state index contributed by atoms with van der Waals surface area (Å²) in [5, 5.41) is 6.92. The normalized spacial score (nSPS) is 16.6. The summed E-state index contributed by atoms with van der Waals surface area (Å²) in [6, 6.07) is 26.1. The third-order valence-corrected chi connectivity index (χ3v) is 6.04. The first-order valence-corrected chi connectivity index (χ1v) is 10.8. The molecule has 0 atom stereocenters. The maximum atomic E-state index is 5.71. The largest absolute Gasteiger partial charge is 0.493 e. The second-order valence-electron chi connectivity index (χ2n) is 7.78. The summed E-state index contributed by atoms with van der Waals surface area (Å²) in [6.45, 7) is 6.51. The first-order chi connectivity index (χ1) is 14.8. The Labute approximate surface area is 178 Å². The van der Waals surface area contributed by atoms with E-state index >= 15 is 0 Å². The Bertz CT molecular complexity index is 1010. The quantitative estimate of drug-likeness (QED) is 0.579. The molecule has 4 heteroatoms. The summed E-state index contributed by atoms with van der Waals surface area (Å²) in [5.74, 6) is 0.890. The van der Waals surface area contributed by atoms with Crippen molar-refractivity contribution in [2.24, 2.45) is 5.10 Å². The molecular formula is C26H27N3O. The van der Waals surface area contributed by atoms with E-state index in [2.05, 4.69) is 64.5 Å². The lowest BCUT2D eigenvalue weighted by Crippen LogP contribution is -2.45. The summed E-state index contributed by atoms with van der Waals surface area (Å²) in [5.41, 5.74) is 6.65. The van der Waals surface area contributed by atoms with Gasteiger partial charge in [-0.1, -0.05) is 60.7 Å². The van der Waals surface area contributed by atoms with Gasteiger partial charge in [-0.3, -0.25) is 9.91 Å². The number of rotatable bonds is 5. The van der Waals surface area contributed by atoms with Crippen molar-refractivity contribution in [3.8, 4) is 16.9 Å². The third kappa shape index (κ3) is 3.48. The smallest absolute Gasteiger partial charge is 0.128 e. The van der Waals surface area contributed by atoms with E-state index in [0.717, 1.165) is 37.5 Å². The molecule has 3 aromatic carbocycles. The molecule has 1 aliphatic carbocycles. The van der Waals surface area contributed by atoms with Crippen molar-refractivity contribution < 1.29 is 4.74 Å². The lowest BCUT2D eigenvalue weighted by atomic mass is 10.0. The molecule has 0 radical (unpaired) electrons. The molecule has 30 heavy (non-hydrogen) atoms. The minimum absolute atomic E-state index is 0.349. The van der Waals surface area contributed by atoms with Crippen LogP contribution in [0.15, 0.2) is 77.9 Å². The highest BCUT2D eigenvalue weighted by Crippen LogP contribution is 2.46. The zero-order chi connectivity index (χ0) is 20.3. The number of ether oxygens (including phenoxy) is 1. The number of hydrogen-bond acceptors (Lipinski definition) is 4. The van der Waals surface area contributed by atoms with E-state index in [1.54, 1.807) is 0 Å². The van der Waals surface area contributed by atoms with Gasteiger partial charge in [-0.25, -0.2) is 0 Å². The Morgan fingerprint density at radius 3 is 2.10 bits per heavy atom. The molecule has 1 saturated heterocycles. The summed E-state index contributed by atoms with van der Waals surface area (Å²) < 4.78 is 5.71. The number of fused-ring (bicyclic) bond motifs is 3. The third-order valence-electron chi connectivity index (χ3n) is 6.04. The Kier molecular flexibility index (Phi) is 5.24. The van der Waals surface area contributed by atoms with Crippen LogP contribution in [0.5, 0.6) is 5.75 Å². The van der Waals surface area contributed by atoms with Gasteiger partial charge < -0.3 is 4.74 Å². The lowest BCUT2D eigenvalue weighted by molar-refractivity contribution is 0.114. The Morgan fingerprint density at radius 1 is 0.833 bits per heavy atom. The number of benzene rings is 3. The molecule has 0 unspecified atom stereocenters. The number of hydrazone groups is 1. The van der Waals surface area contributed by atoms with Gasteiger partial charge >= 0.3 is 0 Å². The van der Waals surface area contributed by atoms with E-state index in [0.29, 0.717) is 12.6 Å². The van der Waals surface area contributed by atoms with Crippen molar-refractivity contribution in [1.82, 2.24) is 9.91 Å². The predicted molar refractivity (Wildman–Crippen MR) is 122 cm³/mol. The molecule has 2 aliphatic rings. The summed E-state index contributed by atoms with van der Waals surface area (Å²) in [6.07, 6.45) is 1.93. The van der Waals surface area contributed by atoms with Crippen molar-refractivity contribution in [3.63, 3.8) is 0 Å². The van der Waals surface area contributed by atoms with E-state index in [1.165, 1.54) is 22.3 Å². The standard InChI is InChI=1S/C26H27N3O/c1-2-30-25-14-8-3-9-20(25)19-27-29-17-15-28(16-18-29)26-23-12-6-4-10-21(23)22-11-5-7-13-24(22)26/h3-14,19,26H,2,15-18H2,1H3. The zero-order valence-corrected chi connectivity index (χ0v) is 17.4. The van der Waals surface area contributed by atoms with Gasteiger partial charge in [0, 0.05) is 31.7 Å². The SMILES string of the molecule is CCOc1ccccc1C=NN1CCN(C2c3ccccc3-c3ccccc32)CC1. The molecule has 0 amide bonds. The molecule has 1 aliphatic heterocycles. The molecule has 0 bridgehead atoms. The van der Waals surface area contributed by atoms with Crippen LogP contribution < -0.4 is 4.74 Å². The highest BCUT2D eigenvalue weighted by atomic mass is 16.5. The zero-order valence-electron chi connectivity index (χ0n) is 17.4. The molecule has 5 rings (SSSR count). The minimum Gasteiger partial charge on any atom is -0.493 e. The minimum atomic E-state index is 0.349. The maximum Gasteiger partial charge on any atom is 0.128 e. The molecule has 152 valence electrons. The van der Waals surface area contributed by atoms with Crippen LogP contribution in [0.1, 0.15) is 29.7 Å². The highest BCUT2D eigenvalue weighted by molar-refractivity contribution is 5.83. The van der Waals surface area contributed by atoms with Crippen LogP contribution in [0, 0.1) is 0 Å². The Morgan fingerprint density at radius 2 is 1.43 bits per heavy atom. The summed E-state index contributed by atoms with van der Waals surface area (Å²) in [4.78, 5) is 2.60. The highest BCUT2D eigenvalue weighted by Gasteiger charge is 2.33. The van der Waals surface area contributed by atoms with Crippen LogP contribution in [0.4, 0.5) is 0 Å². The molecule has 1 heterocycles. The van der Waals surface area contributed by atoms with Gasteiger partial charge in [0.15, 0.2) is 0 Å². The Hall–Kier alpha value is -3.11. The molecule has 0 saturated carbocycles. The van der Waals surface area contributed by atoms with Gasteiger partial charge in [0.2, 0.25) is 0 Å². The van der Waals surface area contributed by atoms with Gasteiger partial charge in [-0.2, -0.15) is 5.10 Å². The monoisotopic (exact) mass is 397 g/mol. The average molecular weight is 398 g/mol. The van der Waals surface area contributed by atoms with E-state index in [9.17, 15) is 0 Å². The van der Waals surface area contributed by atoms with Crippen LogP contribution in [0.2, 0.25) is 0 Å². The number of nitrogens with zero attached hydrogens (tertiary/aromatic N) is 3. The van der Waals surface area contributed by atoms with Gasteiger partial charge in [-0.15, -0.1) is 0 Å². The molecule has 3 aromatic rings. The van der Waals surface area contributed by atoms with Crippen LogP contribution in [-0.2, 0) is 0 Å². The number of piperazine rings is 1. The molecule has 0 N–H and O–H groups in total. The second-order valence-corrected chi connectivity index (χ2v) is 7.78. The predicted octanol–water partition coefficient (Wildman–Crippen LogP) is 4.81. The van der Waals surface area contributed by atoms with Gasteiger partial charge in [-0.05, 0) is 41.3 Å². The second kappa shape index (κ2) is 8.33. The molecule has 1 fully saturated rings. The van der Waals surface area contributed by atoms with E-state index < -0.39 is 0 Å². The Balaban J connectivity index is 1.30. The topological polar surface area (TPSA) is 28.1 Å². The van der Waals surface area contributed by atoms with Gasteiger partial charge in [0.05, 0.1) is 18.9 Å². The van der Waals surface area contributed by atoms with Crippen LogP contribution in [-0.4, -0.2) is 48.9 Å². The van der Waals surface area contributed by atoms with Gasteiger partial charge in [0.1, 0.15) is 5.75 Å². The fourth-order valence-corrected chi connectivity index (χ4v) is 4.63. The van der Waals surface area contributed by atoms with Crippen molar-refractivity contribution in [3.05, 3.63) is 89.5 Å². The fraction of sp³-hybridized carbons (Fsp3) is 0.269. The fourth-order valence-electron chi connectivity index (χ4n) is 4.63. The lowest BCUT2D eigenvalue weighted by Gasteiger charge is -2.37. The summed E-state index contributed by atoms with van der Waals surface area (Å²) in [7, 11) is 0. The molecule has 0 spiro atoms.